The molecule has 0 spiro atoms. The topological polar surface area (TPSA) is 9.23 Å². The van der Waals surface area contributed by atoms with Crippen LogP contribution in [0, 0.1) is 0 Å². The van der Waals surface area contributed by atoms with Crippen LogP contribution in [0.1, 0.15) is 14.9 Å². The van der Waals surface area contributed by atoms with Crippen LogP contribution >= 0.6 is 0 Å². The largest absolute Gasteiger partial charge is 0.510 e. The Morgan fingerprint density at radius 1 is 1.25 bits per heavy atom. The molecule has 0 saturated carbocycles. The molecule has 0 amide bonds. The fourth-order valence-corrected chi connectivity index (χ4v) is 0.707. The van der Waals surface area contributed by atoms with E-state index in [2.05, 4.69) is 13.1 Å². The van der Waals surface area contributed by atoms with Crippen molar-refractivity contribution in [2.45, 2.75) is 27.9 Å². The molecule has 0 aliphatic heterocycles. The number of ether oxygens (including phenoxy) is 1. The third-order valence-electron chi connectivity index (χ3n) is 0.354. The Balaban J connectivity index is -0.000000125. The van der Waals surface area contributed by atoms with Gasteiger partial charge < -0.3 is 4.74 Å². The summed E-state index contributed by atoms with van der Waals surface area (Å²) in [5.74, 6) is 1.89. The maximum absolute atomic E-state index is 4.72. The molecule has 2 heteroatoms. The third kappa shape index (κ3) is 16.9. The molecule has 0 aliphatic rings. The Bertz CT molecular complexity index is 55.5. The number of methoxy groups -OCH3 is 1. The van der Waals surface area contributed by atoms with E-state index < -0.39 is 0 Å². The molecular weight excluding hydrogens is 116 g/mol. The average Bonchev–Trinajstić information content (AvgIpc) is 1.35. The fourth-order valence-electron chi connectivity index (χ4n) is 0.236. The van der Waals surface area contributed by atoms with E-state index in [1.165, 1.54) is 0 Å². The lowest BCUT2D eigenvalue weighted by Gasteiger charge is -1.84. The molecule has 0 radical (unpaired) electrons. The smallest absolute Gasteiger partial charge is 0.0759 e. The van der Waals surface area contributed by atoms with Crippen molar-refractivity contribution in [3.63, 3.8) is 0 Å². The molecule has 0 aromatic rings. The quantitative estimate of drug-likeness (QED) is 0.498. The van der Waals surface area contributed by atoms with Crippen LogP contribution in [-0.4, -0.2) is 21.4 Å². The highest BCUT2D eigenvalue weighted by atomic mass is 28.2. The van der Waals surface area contributed by atoms with Crippen molar-refractivity contribution >= 4 is 14.3 Å². The van der Waals surface area contributed by atoms with Crippen LogP contribution in [0.25, 0.3) is 0 Å². The minimum absolute atomic E-state index is 0. The summed E-state index contributed by atoms with van der Waals surface area (Å²) in [5.41, 5.74) is 0. The number of rotatable bonds is 1. The molecule has 8 heavy (non-hydrogen) atoms. The van der Waals surface area contributed by atoms with E-state index in [0.717, 1.165) is 0 Å². The Morgan fingerprint density at radius 2 is 1.62 bits per heavy atom. The van der Waals surface area contributed by atoms with Crippen molar-refractivity contribution in [2.24, 2.45) is 0 Å². The summed E-state index contributed by atoms with van der Waals surface area (Å²) in [6, 6.07) is 0. The zero-order valence-corrected chi connectivity index (χ0v) is 5.49. The number of hydrogen-bond acceptors (Lipinski definition) is 1. The van der Waals surface area contributed by atoms with Gasteiger partial charge in [-0.25, -0.2) is 0 Å². The Labute approximate surface area is 54.9 Å². The lowest BCUT2D eigenvalue weighted by molar-refractivity contribution is 0.431. The first-order valence-corrected chi connectivity index (χ1v) is 4.51. The second-order valence-corrected chi connectivity index (χ2v) is 3.82. The molecule has 0 aliphatic carbocycles. The van der Waals surface area contributed by atoms with Crippen LogP contribution in [0.5, 0.6) is 0 Å². The second-order valence-electron chi connectivity index (χ2n) is 1.43. The molecule has 52 valence electrons. The summed E-state index contributed by atoms with van der Waals surface area (Å²) in [7, 11) is 1.46. The summed E-state index contributed by atoms with van der Waals surface area (Å²) in [6.07, 6.45) is 0. The standard InChI is InChI=1S/C4H10OSi.2CH4/c1-5-4-6(2)3;;/h4H,1-3H3;2*1H4. The van der Waals surface area contributed by atoms with Crippen LogP contribution in [0.3, 0.4) is 0 Å². The van der Waals surface area contributed by atoms with Gasteiger partial charge in [0.05, 0.1) is 13.0 Å². The highest BCUT2D eigenvalue weighted by Crippen LogP contribution is 1.59. The predicted molar refractivity (Wildman–Crippen MR) is 44.0 cm³/mol. The first-order chi connectivity index (χ1) is 2.77. The van der Waals surface area contributed by atoms with E-state index in [4.69, 9.17) is 4.74 Å². The summed E-state index contributed by atoms with van der Waals surface area (Å²) in [6.45, 7) is 4.35. The minimum atomic E-state index is -0.233. The lowest BCUT2D eigenvalue weighted by Crippen LogP contribution is -1.91. The van der Waals surface area contributed by atoms with E-state index in [9.17, 15) is 0 Å². The molecule has 0 heterocycles. The highest BCUT2D eigenvalue weighted by molar-refractivity contribution is 6.62. The molecule has 1 nitrogen and oxygen atoms in total. The van der Waals surface area contributed by atoms with Crippen molar-refractivity contribution in [1.29, 1.82) is 0 Å². The van der Waals surface area contributed by atoms with Crippen LogP contribution in [0.15, 0.2) is 0 Å². The molecule has 0 atom stereocenters. The van der Waals surface area contributed by atoms with Gasteiger partial charge in [-0.3, -0.25) is 0 Å². The second kappa shape index (κ2) is 9.99. The molecule has 0 aromatic heterocycles. The van der Waals surface area contributed by atoms with Crippen LogP contribution in [0.2, 0.25) is 13.1 Å². The molecule has 0 saturated heterocycles. The van der Waals surface area contributed by atoms with Crippen molar-refractivity contribution < 1.29 is 4.74 Å². The zero-order valence-electron chi connectivity index (χ0n) is 4.49. The Kier molecular flexibility index (Phi) is 19.6. The van der Waals surface area contributed by atoms with Gasteiger partial charge in [0.25, 0.3) is 0 Å². The lowest BCUT2D eigenvalue weighted by atomic mass is 11.5. The summed E-state index contributed by atoms with van der Waals surface area (Å²) in [5, 5.41) is 0. The van der Waals surface area contributed by atoms with Gasteiger partial charge in [-0.2, -0.15) is 0 Å². The molecular formula is C6H18OSi. The predicted octanol–water partition coefficient (Wildman–Crippen LogP) is 2.00. The molecule has 0 fully saturated rings. The van der Waals surface area contributed by atoms with Crippen molar-refractivity contribution in [3.8, 4) is 0 Å². The molecule has 0 unspecified atom stereocenters. The van der Waals surface area contributed by atoms with Crippen LogP contribution in [-0.2, 0) is 4.74 Å². The van der Waals surface area contributed by atoms with Gasteiger partial charge in [-0.15, -0.1) is 0 Å². The fraction of sp³-hybridized carbons (Fsp3) is 0.833. The van der Waals surface area contributed by atoms with E-state index >= 15 is 0 Å². The molecule has 0 aromatic carbocycles. The van der Waals surface area contributed by atoms with Crippen molar-refractivity contribution in [2.75, 3.05) is 7.11 Å². The molecule has 0 rings (SSSR count). The monoisotopic (exact) mass is 134 g/mol. The van der Waals surface area contributed by atoms with Gasteiger partial charge in [0.15, 0.2) is 0 Å². The van der Waals surface area contributed by atoms with Gasteiger partial charge in [0.1, 0.15) is 0 Å². The van der Waals surface area contributed by atoms with Gasteiger partial charge in [0.2, 0.25) is 0 Å². The van der Waals surface area contributed by atoms with Gasteiger partial charge in [-0.05, 0) is 0 Å². The summed E-state index contributed by atoms with van der Waals surface area (Å²) in [4.78, 5) is 0. The van der Waals surface area contributed by atoms with Gasteiger partial charge in [0, 0.05) is 8.41 Å². The van der Waals surface area contributed by atoms with Gasteiger partial charge >= 0.3 is 0 Å². The normalized spacial score (nSPS) is 5.38. The average molecular weight is 134 g/mol. The van der Waals surface area contributed by atoms with E-state index in [1.807, 2.05) is 5.86 Å². The zero-order chi connectivity index (χ0) is 4.99. The maximum Gasteiger partial charge on any atom is 0.0759 e. The maximum atomic E-state index is 4.72. The minimum Gasteiger partial charge on any atom is -0.510 e. The van der Waals surface area contributed by atoms with Crippen molar-refractivity contribution in [1.82, 2.24) is 0 Å². The summed E-state index contributed by atoms with van der Waals surface area (Å²) >= 11 is 0. The molecule has 0 N–H and O–H groups in total. The first kappa shape index (κ1) is 15.7. The molecule has 0 bridgehead atoms. The van der Waals surface area contributed by atoms with E-state index in [1.54, 1.807) is 7.11 Å². The Hall–Kier alpha value is -0.113. The van der Waals surface area contributed by atoms with E-state index in [0.29, 0.717) is 0 Å². The van der Waals surface area contributed by atoms with Crippen LogP contribution in [0.4, 0.5) is 0 Å². The summed E-state index contributed by atoms with van der Waals surface area (Å²) < 4.78 is 4.72. The first-order valence-electron chi connectivity index (χ1n) is 1.93. The number of hydrogen-bond donors (Lipinski definition) is 0. The van der Waals surface area contributed by atoms with E-state index in [-0.39, 0.29) is 23.3 Å². The van der Waals surface area contributed by atoms with Gasteiger partial charge in [-0.1, -0.05) is 27.9 Å². The Morgan fingerprint density at radius 3 is 1.62 bits per heavy atom. The van der Waals surface area contributed by atoms with Crippen molar-refractivity contribution in [3.05, 3.63) is 0 Å². The highest BCUT2D eigenvalue weighted by Gasteiger charge is 1.69. The third-order valence-corrected chi connectivity index (χ3v) is 1.06. The van der Waals surface area contributed by atoms with Crippen LogP contribution < -0.4 is 0 Å². The SMILES string of the molecule is C.C.COC=[Si](C)C.